The Kier molecular flexibility index (Phi) is 3.42. The third-order valence-corrected chi connectivity index (χ3v) is 5.85. The van der Waals surface area contributed by atoms with Crippen LogP contribution in [0.1, 0.15) is 59.7 Å². The quantitative estimate of drug-likeness (QED) is 0.791. The molecule has 4 nitrogen and oxygen atoms in total. The zero-order valence-corrected chi connectivity index (χ0v) is 13.0. The molecule has 2 heterocycles. The van der Waals surface area contributed by atoms with Crippen LogP contribution in [0.3, 0.4) is 0 Å². The first-order valence-electron chi connectivity index (χ1n) is 8.06. The summed E-state index contributed by atoms with van der Waals surface area (Å²) in [5.74, 6) is 1.07. The highest BCUT2D eigenvalue weighted by atomic mass is 32.1. The second-order valence-corrected chi connectivity index (χ2v) is 7.54. The van der Waals surface area contributed by atoms with Crippen molar-refractivity contribution < 1.29 is 9.53 Å². The second-order valence-electron chi connectivity index (χ2n) is 6.52. The maximum Gasteiger partial charge on any atom is 0.178 e. The summed E-state index contributed by atoms with van der Waals surface area (Å²) >= 11 is 1.57. The SMILES string of the molecule is Nc1c(C(=O)C2CC2)sc(NCC2CCCO2)c1C1CC1. The van der Waals surface area contributed by atoms with E-state index < -0.39 is 0 Å². The molecule has 1 saturated heterocycles. The summed E-state index contributed by atoms with van der Waals surface area (Å²) in [5.41, 5.74) is 8.28. The van der Waals surface area contributed by atoms with E-state index in [1.54, 1.807) is 11.3 Å². The Morgan fingerprint density at radius 1 is 1.29 bits per heavy atom. The molecule has 1 aromatic rings. The number of anilines is 2. The van der Waals surface area contributed by atoms with Gasteiger partial charge in [-0.25, -0.2) is 0 Å². The van der Waals surface area contributed by atoms with E-state index in [0.29, 0.717) is 12.0 Å². The van der Waals surface area contributed by atoms with E-state index in [1.165, 1.54) is 18.4 Å². The molecule has 0 radical (unpaired) electrons. The molecule has 3 fully saturated rings. The molecule has 5 heteroatoms. The minimum absolute atomic E-state index is 0.240. The van der Waals surface area contributed by atoms with Crippen LogP contribution >= 0.6 is 11.3 Å². The second kappa shape index (κ2) is 5.29. The van der Waals surface area contributed by atoms with Crippen LogP contribution in [0.4, 0.5) is 10.7 Å². The minimum Gasteiger partial charge on any atom is -0.397 e. The Morgan fingerprint density at radius 2 is 2.10 bits per heavy atom. The fourth-order valence-corrected chi connectivity index (χ4v) is 4.32. The molecule has 4 rings (SSSR count). The van der Waals surface area contributed by atoms with Crippen molar-refractivity contribution in [2.75, 3.05) is 24.2 Å². The van der Waals surface area contributed by atoms with Gasteiger partial charge in [0.1, 0.15) is 0 Å². The molecule has 2 saturated carbocycles. The number of nitrogen functional groups attached to an aromatic ring is 1. The molecule has 0 aromatic carbocycles. The van der Waals surface area contributed by atoms with Crippen LogP contribution in [0.2, 0.25) is 0 Å². The van der Waals surface area contributed by atoms with Gasteiger partial charge >= 0.3 is 0 Å². The molecule has 0 bridgehead atoms. The van der Waals surface area contributed by atoms with E-state index in [0.717, 1.165) is 54.4 Å². The Bertz CT molecular complexity index is 555. The number of hydrogen-bond donors (Lipinski definition) is 2. The Morgan fingerprint density at radius 3 is 2.71 bits per heavy atom. The summed E-state index contributed by atoms with van der Waals surface area (Å²) in [7, 11) is 0. The van der Waals surface area contributed by atoms with Crippen molar-refractivity contribution in [1.29, 1.82) is 0 Å². The number of hydrogen-bond acceptors (Lipinski definition) is 5. The molecular formula is C16H22N2O2S. The number of nitrogens with one attached hydrogen (secondary N) is 1. The van der Waals surface area contributed by atoms with Gasteiger partial charge in [0.25, 0.3) is 0 Å². The predicted molar refractivity (Wildman–Crippen MR) is 85.2 cm³/mol. The van der Waals surface area contributed by atoms with Crippen molar-refractivity contribution in [3.8, 4) is 0 Å². The lowest BCUT2D eigenvalue weighted by molar-refractivity contribution is 0.0972. The Labute approximate surface area is 129 Å². The standard InChI is InChI=1S/C16H22N2O2S/c17-13-12(9-3-4-9)16(18-8-11-2-1-7-20-11)21-15(13)14(19)10-5-6-10/h9-11,18H,1-8,17H2. The number of ketones is 1. The van der Waals surface area contributed by atoms with E-state index in [4.69, 9.17) is 10.5 Å². The summed E-state index contributed by atoms with van der Waals surface area (Å²) in [5, 5.41) is 4.63. The van der Waals surface area contributed by atoms with Gasteiger partial charge in [-0.15, -0.1) is 11.3 Å². The van der Waals surface area contributed by atoms with Gasteiger partial charge in [-0.05, 0) is 44.4 Å². The minimum atomic E-state index is 0.240. The summed E-state index contributed by atoms with van der Waals surface area (Å²) in [6.45, 7) is 1.70. The van der Waals surface area contributed by atoms with E-state index in [9.17, 15) is 4.79 Å². The first-order valence-corrected chi connectivity index (χ1v) is 8.87. The summed E-state index contributed by atoms with van der Waals surface area (Å²) < 4.78 is 5.67. The highest BCUT2D eigenvalue weighted by Crippen LogP contribution is 2.52. The number of rotatable bonds is 6. The third kappa shape index (κ3) is 2.69. The lowest BCUT2D eigenvalue weighted by Crippen LogP contribution is -2.18. The molecule has 3 aliphatic rings. The average Bonchev–Trinajstić information content (AvgIpc) is 3.40. The fraction of sp³-hybridized carbons (Fsp3) is 0.688. The van der Waals surface area contributed by atoms with Crippen molar-refractivity contribution in [2.24, 2.45) is 5.92 Å². The topological polar surface area (TPSA) is 64.4 Å². The number of nitrogens with two attached hydrogens (primary N) is 1. The first-order chi connectivity index (χ1) is 10.2. The van der Waals surface area contributed by atoms with Gasteiger partial charge in [0.15, 0.2) is 5.78 Å². The molecule has 1 unspecified atom stereocenters. The molecule has 1 atom stereocenters. The molecular weight excluding hydrogens is 284 g/mol. The molecule has 2 aliphatic carbocycles. The maximum atomic E-state index is 12.4. The predicted octanol–water partition coefficient (Wildman–Crippen LogP) is 3.39. The zero-order valence-electron chi connectivity index (χ0n) is 12.2. The van der Waals surface area contributed by atoms with E-state index in [-0.39, 0.29) is 11.7 Å². The lowest BCUT2D eigenvalue weighted by atomic mass is 10.1. The van der Waals surface area contributed by atoms with Crippen molar-refractivity contribution in [1.82, 2.24) is 0 Å². The van der Waals surface area contributed by atoms with Crippen LogP contribution in [0.5, 0.6) is 0 Å². The highest BCUT2D eigenvalue weighted by molar-refractivity contribution is 7.18. The van der Waals surface area contributed by atoms with Gasteiger partial charge in [-0.1, -0.05) is 0 Å². The number of thiophene rings is 1. The summed E-state index contributed by atoms with van der Waals surface area (Å²) in [6.07, 6.45) is 7.06. The zero-order chi connectivity index (χ0) is 14.4. The van der Waals surface area contributed by atoms with Gasteiger partial charge in [-0.3, -0.25) is 4.79 Å². The van der Waals surface area contributed by atoms with Crippen LogP contribution in [0, 0.1) is 5.92 Å². The monoisotopic (exact) mass is 306 g/mol. The van der Waals surface area contributed by atoms with Gasteiger partial charge in [0, 0.05) is 24.6 Å². The summed E-state index contributed by atoms with van der Waals surface area (Å²) in [4.78, 5) is 13.2. The number of ether oxygens (including phenoxy) is 1. The average molecular weight is 306 g/mol. The Hall–Kier alpha value is -1.07. The van der Waals surface area contributed by atoms with Crippen LogP contribution in [0.25, 0.3) is 0 Å². The number of Topliss-reactive ketones (excluding diaryl/α,β-unsaturated/α-hetero) is 1. The largest absolute Gasteiger partial charge is 0.397 e. The number of carbonyl (C=O) groups is 1. The van der Waals surface area contributed by atoms with Crippen molar-refractivity contribution in [3.63, 3.8) is 0 Å². The van der Waals surface area contributed by atoms with E-state index in [1.807, 2.05) is 0 Å². The highest BCUT2D eigenvalue weighted by Gasteiger charge is 2.37. The fourth-order valence-electron chi connectivity index (χ4n) is 3.09. The van der Waals surface area contributed by atoms with Gasteiger partial charge in [0.05, 0.1) is 21.7 Å². The van der Waals surface area contributed by atoms with Crippen molar-refractivity contribution in [2.45, 2.75) is 50.5 Å². The lowest BCUT2D eigenvalue weighted by Gasteiger charge is -2.12. The van der Waals surface area contributed by atoms with Gasteiger partial charge in [0.2, 0.25) is 0 Å². The van der Waals surface area contributed by atoms with Crippen LogP contribution < -0.4 is 11.1 Å². The Balaban J connectivity index is 1.55. The first kappa shape index (κ1) is 13.6. The van der Waals surface area contributed by atoms with Crippen LogP contribution in [-0.4, -0.2) is 25.0 Å². The molecule has 0 amide bonds. The third-order valence-electron chi connectivity index (χ3n) is 4.66. The molecule has 1 aliphatic heterocycles. The molecule has 3 N–H and O–H groups in total. The smallest absolute Gasteiger partial charge is 0.178 e. The molecule has 1 aromatic heterocycles. The number of carbonyl (C=O) groups excluding carboxylic acids is 1. The maximum absolute atomic E-state index is 12.4. The molecule has 21 heavy (non-hydrogen) atoms. The molecule has 0 spiro atoms. The van der Waals surface area contributed by atoms with E-state index in [2.05, 4.69) is 5.32 Å². The van der Waals surface area contributed by atoms with Crippen LogP contribution in [0.15, 0.2) is 0 Å². The van der Waals surface area contributed by atoms with Crippen molar-refractivity contribution >= 4 is 27.8 Å². The summed E-state index contributed by atoms with van der Waals surface area (Å²) in [6, 6.07) is 0. The normalized spacial score (nSPS) is 25.2. The van der Waals surface area contributed by atoms with Crippen LogP contribution in [-0.2, 0) is 4.74 Å². The van der Waals surface area contributed by atoms with Gasteiger partial charge in [-0.2, -0.15) is 0 Å². The van der Waals surface area contributed by atoms with Crippen molar-refractivity contribution in [3.05, 3.63) is 10.4 Å². The van der Waals surface area contributed by atoms with Gasteiger partial charge < -0.3 is 15.8 Å². The van der Waals surface area contributed by atoms with E-state index >= 15 is 0 Å². The molecule has 114 valence electrons.